The highest BCUT2D eigenvalue weighted by molar-refractivity contribution is 5.43. The number of nitro benzene ring substituents is 1. The molecule has 0 bridgehead atoms. The van der Waals surface area contributed by atoms with Crippen LogP contribution < -0.4 is 10.5 Å². The molecule has 0 fully saturated rings. The zero-order chi connectivity index (χ0) is 13.1. The molecule has 1 aromatic carbocycles. The number of nitrogen functional groups attached to an aromatic ring is 1. The van der Waals surface area contributed by atoms with Crippen LogP contribution in [-0.4, -0.2) is 9.91 Å². The Morgan fingerprint density at radius 2 is 2.11 bits per heavy atom. The molecule has 0 saturated heterocycles. The van der Waals surface area contributed by atoms with Crippen molar-refractivity contribution in [1.29, 1.82) is 0 Å². The van der Waals surface area contributed by atoms with E-state index in [2.05, 4.69) is 4.98 Å². The zero-order valence-corrected chi connectivity index (χ0v) is 9.04. The van der Waals surface area contributed by atoms with Crippen LogP contribution in [0.3, 0.4) is 0 Å². The molecule has 0 radical (unpaired) electrons. The van der Waals surface area contributed by atoms with Crippen LogP contribution in [0.25, 0.3) is 0 Å². The van der Waals surface area contributed by atoms with Crippen LogP contribution in [0.5, 0.6) is 11.5 Å². The molecule has 92 valence electrons. The fourth-order valence-corrected chi connectivity index (χ4v) is 1.30. The predicted octanol–water partition coefficient (Wildman–Crippen LogP) is 2.50. The highest BCUT2D eigenvalue weighted by Crippen LogP contribution is 2.27. The van der Waals surface area contributed by atoms with E-state index in [1.165, 1.54) is 24.5 Å². The number of hydrogen-bond acceptors (Lipinski definition) is 5. The Hall–Kier alpha value is -2.70. The Bertz CT molecular complexity index is 604. The molecule has 6 nitrogen and oxygen atoms in total. The van der Waals surface area contributed by atoms with Gasteiger partial charge in [0.15, 0.2) is 11.6 Å². The molecule has 2 N–H and O–H groups in total. The molecule has 2 aromatic rings. The molecule has 0 aliphatic carbocycles. The van der Waals surface area contributed by atoms with E-state index >= 15 is 0 Å². The third-order valence-electron chi connectivity index (χ3n) is 2.09. The molecular formula is C11H8FN3O3. The van der Waals surface area contributed by atoms with E-state index in [1.54, 1.807) is 0 Å². The number of non-ortho nitro benzene ring substituents is 1. The first-order chi connectivity index (χ1) is 8.56. The third-order valence-corrected chi connectivity index (χ3v) is 2.09. The average molecular weight is 249 g/mol. The molecule has 2 rings (SSSR count). The fraction of sp³-hybridized carbons (Fsp3) is 0. The summed E-state index contributed by atoms with van der Waals surface area (Å²) in [5.41, 5.74) is 5.52. The lowest BCUT2D eigenvalue weighted by Crippen LogP contribution is -1.93. The van der Waals surface area contributed by atoms with E-state index < -0.39 is 10.7 Å². The molecule has 0 saturated carbocycles. The maximum absolute atomic E-state index is 13.5. The number of aromatic nitrogens is 1. The van der Waals surface area contributed by atoms with Gasteiger partial charge in [0.1, 0.15) is 5.75 Å². The van der Waals surface area contributed by atoms with Gasteiger partial charge < -0.3 is 10.5 Å². The van der Waals surface area contributed by atoms with Crippen LogP contribution in [0.4, 0.5) is 15.8 Å². The molecule has 0 aliphatic heterocycles. The Balaban J connectivity index is 2.27. The molecule has 7 heteroatoms. The van der Waals surface area contributed by atoms with E-state index in [9.17, 15) is 14.5 Å². The maximum atomic E-state index is 13.5. The van der Waals surface area contributed by atoms with Crippen LogP contribution in [-0.2, 0) is 0 Å². The van der Waals surface area contributed by atoms with Gasteiger partial charge in [0, 0.05) is 12.1 Å². The quantitative estimate of drug-likeness (QED) is 0.666. The van der Waals surface area contributed by atoms with Crippen molar-refractivity contribution in [3.63, 3.8) is 0 Å². The van der Waals surface area contributed by atoms with Gasteiger partial charge in [-0.05, 0) is 6.07 Å². The Morgan fingerprint density at radius 1 is 1.33 bits per heavy atom. The Labute approximate surface area is 101 Å². The van der Waals surface area contributed by atoms with Gasteiger partial charge in [-0.3, -0.25) is 15.1 Å². The summed E-state index contributed by atoms with van der Waals surface area (Å²) >= 11 is 0. The first-order valence-electron chi connectivity index (χ1n) is 4.88. The topological polar surface area (TPSA) is 91.3 Å². The summed E-state index contributed by atoms with van der Waals surface area (Å²) < 4.78 is 18.7. The summed E-state index contributed by atoms with van der Waals surface area (Å²) in [6.45, 7) is 0. The molecule has 0 atom stereocenters. The number of hydrogen-bond donors (Lipinski definition) is 1. The second-order valence-electron chi connectivity index (χ2n) is 3.43. The number of benzene rings is 1. The van der Waals surface area contributed by atoms with Crippen LogP contribution in [0.1, 0.15) is 0 Å². The predicted molar refractivity (Wildman–Crippen MR) is 61.8 cm³/mol. The molecule has 18 heavy (non-hydrogen) atoms. The Kier molecular flexibility index (Phi) is 3.05. The van der Waals surface area contributed by atoms with E-state index in [4.69, 9.17) is 10.5 Å². The van der Waals surface area contributed by atoms with Gasteiger partial charge in [0.05, 0.1) is 29.1 Å². The largest absolute Gasteiger partial charge is 0.453 e. The number of anilines is 1. The Morgan fingerprint density at radius 3 is 2.72 bits per heavy atom. The van der Waals surface area contributed by atoms with Gasteiger partial charge in [-0.1, -0.05) is 0 Å². The minimum atomic E-state index is -0.827. The lowest BCUT2D eigenvalue weighted by atomic mass is 10.3. The minimum Gasteiger partial charge on any atom is -0.453 e. The van der Waals surface area contributed by atoms with E-state index in [0.717, 1.165) is 12.1 Å². The van der Waals surface area contributed by atoms with Crippen molar-refractivity contribution in [3.8, 4) is 11.5 Å². The number of ether oxygens (including phenoxy) is 1. The lowest BCUT2D eigenvalue weighted by Gasteiger charge is -2.06. The molecule has 0 unspecified atom stereocenters. The van der Waals surface area contributed by atoms with Crippen molar-refractivity contribution < 1.29 is 14.1 Å². The second kappa shape index (κ2) is 4.66. The third kappa shape index (κ3) is 2.51. The molecule has 0 amide bonds. The average Bonchev–Trinajstić information content (AvgIpc) is 2.31. The molecule has 0 spiro atoms. The van der Waals surface area contributed by atoms with Crippen LogP contribution in [0, 0.1) is 15.9 Å². The summed E-state index contributed by atoms with van der Waals surface area (Å²) in [6, 6.07) is 4.58. The van der Waals surface area contributed by atoms with Gasteiger partial charge in [0.25, 0.3) is 5.69 Å². The zero-order valence-electron chi connectivity index (χ0n) is 9.04. The smallest absolute Gasteiger partial charge is 0.272 e. The number of pyridine rings is 1. The van der Waals surface area contributed by atoms with E-state index in [-0.39, 0.29) is 17.2 Å². The highest BCUT2D eigenvalue weighted by atomic mass is 19.1. The van der Waals surface area contributed by atoms with E-state index in [1.807, 2.05) is 0 Å². The first-order valence-corrected chi connectivity index (χ1v) is 4.88. The van der Waals surface area contributed by atoms with Crippen molar-refractivity contribution in [2.75, 3.05) is 5.73 Å². The number of nitrogens with zero attached hydrogens (tertiary/aromatic N) is 2. The van der Waals surface area contributed by atoms with E-state index in [0.29, 0.717) is 5.69 Å². The maximum Gasteiger partial charge on any atom is 0.272 e. The second-order valence-corrected chi connectivity index (χ2v) is 3.43. The van der Waals surface area contributed by atoms with Crippen LogP contribution in [0.15, 0.2) is 36.7 Å². The summed E-state index contributed by atoms with van der Waals surface area (Å²) in [7, 11) is 0. The minimum absolute atomic E-state index is 0.131. The van der Waals surface area contributed by atoms with Gasteiger partial charge >= 0.3 is 0 Å². The highest BCUT2D eigenvalue weighted by Gasteiger charge is 2.12. The summed E-state index contributed by atoms with van der Waals surface area (Å²) in [5.74, 6) is -0.706. The SMILES string of the molecule is Nc1cncc(Oc2ccc([N+](=O)[O-])cc2F)c1. The lowest BCUT2D eigenvalue weighted by molar-refractivity contribution is -0.385. The fourth-order valence-electron chi connectivity index (χ4n) is 1.30. The van der Waals surface area contributed by atoms with Crippen molar-refractivity contribution in [3.05, 3.63) is 52.6 Å². The number of nitro groups is 1. The molecule has 1 aromatic heterocycles. The van der Waals surface area contributed by atoms with Gasteiger partial charge in [-0.25, -0.2) is 4.39 Å². The normalized spacial score (nSPS) is 10.1. The number of halogens is 1. The molecule has 1 heterocycles. The summed E-state index contributed by atoms with van der Waals surface area (Å²) in [6.07, 6.45) is 2.77. The van der Waals surface area contributed by atoms with Crippen molar-refractivity contribution >= 4 is 11.4 Å². The molecular weight excluding hydrogens is 241 g/mol. The van der Waals surface area contributed by atoms with Crippen LogP contribution >= 0.6 is 0 Å². The van der Waals surface area contributed by atoms with Crippen molar-refractivity contribution in [2.45, 2.75) is 0 Å². The van der Waals surface area contributed by atoms with Gasteiger partial charge in [-0.15, -0.1) is 0 Å². The van der Waals surface area contributed by atoms with Crippen molar-refractivity contribution in [1.82, 2.24) is 4.98 Å². The summed E-state index contributed by atoms with van der Waals surface area (Å²) in [5, 5.41) is 10.4. The standard InChI is InChI=1S/C11H8FN3O3/c12-10-4-8(15(16)17)1-2-11(10)18-9-3-7(13)5-14-6-9/h1-6H,13H2. The number of rotatable bonds is 3. The van der Waals surface area contributed by atoms with Gasteiger partial charge in [-0.2, -0.15) is 0 Å². The molecule has 0 aliphatic rings. The monoisotopic (exact) mass is 249 g/mol. The first kappa shape index (κ1) is 11.8. The van der Waals surface area contributed by atoms with Crippen molar-refractivity contribution in [2.24, 2.45) is 0 Å². The number of nitrogens with two attached hydrogens (primary N) is 1. The summed E-state index contributed by atoms with van der Waals surface area (Å²) in [4.78, 5) is 13.5. The van der Waals surface area contributed by atoms with Crippen LogP contribution in [0.2, 0.25) is 0 Å². The van der Waals surface area contributed by atoms with Gasteiger partial charge in [0.2, 0.25) is 0 Å².